The number of hydrogen-bond donors (Lipinski definition) is 2. The summed E-state index contributed by atoms with van der Waals surface area (Å²) in [6.07, 6.45) is 1.35. The highest BCUT2D eigenvalue weighted by molar-refractivity contribution is 5.62. The van der Waals surface area contributed by atoms with Crippen molar-refractivity contribution in [2.75, 3.05) is 5.73 Å². The van der Waals surface area contributed by atoms with Crippen LogP contribution >= 0.6 is 0 Å². The third-order valence-electron chi connectivity index (χ3n) is 3.23. The minimum absolute atomic E-state index is 0.0207. The van der Waals surface area contributed by atoms with Gasteiger partial charge >= 0.3 is 6.16 Å². The maximum atomic E-state index is 10.5. The van der Waals surface area contributed by atoms with Crippen LogP contribution < -0.4 is 10.5 Å². The molecule has 0 bridgehead atoms. The van der Waals surface area contributed by atoms with Crippen molar-refractivity contribution in [1.82, 2.24) is 15.0 Å². The fraction of sp³-hybridized carbons (Fsp3) is 0.357. The molecule has 1 atom stereocenters. The lowest BCUT2D eigenvalue weighted by molar-refractivity contribution is 0.143. The molecule has 0 fully saturated rings. The summed E-state index contributed by atoms with van der Waals surface area (Å²) in [4.78, 5) is 10.5. The van der Waals surface area contributed by atoms with Gasteiger partial charge in [0.15, 0.2) is 5.82 Å². The van der Waals surface area contributed by atoms with E-state index in [-0.39, 0.29) is 17.7 Å². The molecule has 2 rings (SSSR count). The summed E-state index contributed by atoms with van der Waals surface area (Å²) in [5.74, 6) is -0.0398. The molecule has 1 aromatic heterocycles. The minimum atomic E-state index is -1.45. The Hall–Kier alpha value is -2.57. The standard InChI is InChI=1S/C14H18N4O3/c1-10(6-5-9-11-7-3-2-4-8-11)18-12(15)13(16-17-18)21-14(19)20/h2-4,7-8,10H,5-6,9,15H2,1H3,(H,19,20). The number of aromatic nitrogens is 3. The van der Waals surface area contributed by atoms with Crippen molar-refractivity contribution < 1.29 is 14.6 Å². The maximum absolute atomic E-state index is 10.5. The number of benzene rings is 1. The Morgan fingerprint density at radius 2 is 2.14 bits per heavy atom. The van der Waals surface area contributed by atoms with E-state index in [0.717, 1.165) is 19.3 Å². The number of anilines is 1. The molecule has 7 nitrogen and oxygen atoms in total. The quantitative estimate of drug-likeness (QED) is 0.792. The van der Waals surface area contributed by atoms with Crippen molar-refractivity contribution in [3.63, 3.8) is 0 Å². The number of carboxylic acid groups (broad SMARTS) is 1. The van der Waals surface area contributed by atoms with Crippen LogP contribution in [0.4, 0.5) is 10.6 Å². The molecule has 1 aromatic carbocycles. The second kappa shape index (κ2) is 6.74. The molecule has 3 N–H and O–H groups in total. The van der Waals surface area contributed by atoms with Crippen molar-refractivity contribution in [3.05, 3.63) is 35.9 Å². The first kappa shape index (κ1) is 14.8. The van der Waals surface area contributed by atoms with Crippen LogP contribution in [0.5, 0.6) is 5.88 Å². The summed E-state index contributed by atoms with van der Waals surface area (Å²) < 4.78 is 5.94. The summed E-state index contributed by atoms with van der Waals surface area (Å²) in [6, 6.07) is 10.2. The molecule has 2 aromatic rings. The Morgan fingerprint density at radius 3 is 2.81 bits per heavy atom. The highest BCUT2D eigenvalue weighted by Crippen LogP contribution is 2.23. The van der Waals surface area contributed by atoms with Crippen LogP contribution in [0.25, 0.3) is 0 Å². The Labute approximate surface area is 122 Å². The third-order valence-corrected chi connectivity index (χ3v) is 3.23. The Kier molecular flexibility index (Phi) is 4.76. The number of carbonyl (C=O) groups is 1. The van der Waals surface area contributed by atoms with Crippen molar-refractivity contribution >= 4 is 12.0 Å². The maximum Gasteiger partial charge on any atom is 0.512 e. The number of nitrogens with two attached hydrogens (primary N) is 1. The zero-order valence-corrected chi connectivity index (χ0v) is 11.8. The molecule has 0 spiro atoms. The predicted octanol–water partition coefficient (Wildman–Crippen LogP) is 2.50. The third kappa shape index (κ3) is 3.95. The average Bonchev–Trinajstić information content (AvgIpc) is 2.81. The fourth-order valence-corrected chi connectivity index (χ4v) is 2.14. The van der Waals surface area contributed by atoms with Crippen LogP contribution in [0.1, 0.15) is 31.4 Å². The molecule has 0 aliphatic heterocycles. The van der Waals surface area contributed by atoms with Crippen molar-refractivity contribution in [2.24, 2.45) is 0 Å². The number of nitrogens with zero attached hydrogens (tertiary/aromatic N) is 3. The van der Waals surface area contributed by atoms with Gasteiger partial charge in [0.25, 0.3) is 5.88 Å². The molecular weight excluding hydrogens is 272 g/mol. The first-order chi connectivity index (χ1) is 10.1. The van der Waals surface area contributed by atoms with Gasteiger partial charge in [-0.05, 0) is 31.7 Å². The molecule has 7 heteroatoms. The fourth-order valence-electron chi connectivity index (χ4n) is 2.14. The van der Waals surface area contributed by atoms with Crippen LogP contribution in [0, 0.1) is 0 Å². The lowest BCUT2D eigenvalue weighted by Crippen LogP contribution is -2.11. The van der Waals surface area contributed by atoms with E-state index in [1.54, 1.807) is 0 Å². The summed E-state index contributed by atoms with van der Waals surface area (Å²) in [5.41, 5.74) is 7.07. The molecule has 0 aliphatic carbocycles. The molecule has 0 amide bonds. The largest absolute Gasteiger partial charge is 0.512 e. The number of aryl methyl sites for hydroxylation is 1. The number of hydrogen-bond acceptors (Lipinski definition) is 5. The topological polar surface area (TPSA) is 103 Å². The Balaban J connectivity index is 1.90. The molecule has 1 heterocycles. The van der Waals surface area contributed by atoms with Crippen molar-refractivity contribution in [2.45, 2.75) is 32.2 Å². The van der Waals surface area contributed by atoms with Gasteiger partial charge in [0.05, 0.1) is 6.04 Å². The Bertz CT molecular complexity index is 598. The lowest BCUT2D eigenvalue weighted by Gasteiger charge is -2.12. The lowest BCUT2D eigenvalue weighted by atomic mass is 10.1. The molecule has 112 valence electrons. The molecule has 0 radical (unpaired) electrons. The number of nitrogen functional groups attached to an aromatic ring is 1. The zero-order valence-electron chi connectivity index (χ0n) is 11.8. The van der Waals surface area contributed by atoms with E-state index >= 15 is 0 Å². The summed E-state index contributed by atoms with van der Waals surface area (Å²) in [5, 5.41) is 16.0. The van der Waals surface area contributed by atoms with Gasteiger partial charge in [-0.15, -0.1) is 0 Å². The SMILES string of the molecule is CC(CCCc1ccccc1)n1nnc(OC(=O)O)c1N. The second-order valence-electron chi connectivity index (χ2n) is 4.82. The van der Waals surface area contributed by atoms with Crippen molar-refractivity contribution in [1.29, 1.82) is 0 Å². The predicted molar refractivity (Wildman–Crippen MR) is 77.2 cm³/mol. The molecule has 0 saturated carbocycles. The van der Waals surface area contributed by atoms with Gasteiger partial charge < -0.3 is 15.6 Å². The summed E-state index contributed by atoms with van der Waals surface area (Å²) >= 11 is 0. The minimum Gasteiger partial charge on any atom is -0.449 e. The van der Waals surface area contributed by atoms with E-state index in [1.165, 1.54) is 10.2 Å². The van der Waals surface area contributed by atoms with Gasteiger partial charge in [-0.1, -0.05) is 40.6 Å². The molecule has 0 aliphatic rings. The van der Waals surface area contributed by atoms with Crippen molar-refractivity contribution in [3.8, 4) is 5.88 Å². The Morgan fingerprint density at radius 1 is 1.43 bits per heavy atom. The van der Waals surface area contributed by atoms with Crippen LogP contribution in [0.2, 0.25) is 0 Å². The van der Waals surface area contributed by atoms with E-state index in [4.69, 9.17) is 10.8 Å². The van der Waals surface area contributed by atoms with Gasteiger partial charge in [-0.3, -0.25) is 0 Å². The number of rotatable bonds is 6. The van der Waals surface area contributed by atoms with Gasteiger partial charge in [0.1, 0.15) is 0 Å². The highest BCUT2D eigenvalue weighted by atomic mass is 16.7. The van der Waals surface area contributed by atoms with E-state index in [1.807, 2.05) is 25.1 Å². The molecule has 1 unspecified atom stereocenters. The summed E-state index contributed by atoms with van der Waals surface area (Å²) in [7, 11) is 0. The van der Waals surface area contributed by atoms with Gasteiger partial charge in [-0.25, -0.2) is 9.48 Å². The molecule has 0 saturated heterocycles. The molecular formula is C14H18N4O3. The van der Waals surface area contributed by atoms with E-state index in [9.17, 15) is 4.79 Å². The molecule has 21 heavy (non-hydrogen) atoms. The van der Waals surface area contributed by atoms with E-state index < -0.39 is 6.16 Å². The first-order valence-electron chi connectivity index (χ1n) is 6.73. The van der Waals surface area contributed by atoms with Gasteiger partial charge in [0.2, 0.25) is 0 Å². The van der Waals surface area contributed by atoms with E-state index in [2.05, 4.69) is 27.2 Å². The van der Waals surface area contributed by atoms with Crippen LogP contribution in [0.15, 0.2) is 30.3 Å². The van der Waals surface area contributed by atoms with Crippen LogP contribution in [0.3, 0.4) is 0 Å². The second-order valence-corrected chi connectivity index (χ2v) is 4.82. The monoisotopic (exact) mass is 290 g/mol. The summed E-state index contributed by atoms with van der Waals surface area (Å²) in [6.45, 7) is 1.96. The van der Waals surface area contributed by atoms with Crippen LogP contribution in [-0.4, -0.2) is 26.3 Å². The van der Waals surface area contributed by atoms with Crippen LogP contribution in [-0.2, 0) is 6.42 Å². The average molecular weight is 290 g/mol. The van der Waals surface area contributed by atoms with E-state index in [0.29, 0.717) is 0 Å². The smallest absolute Gasteiger partial charge is 0.449 e. The normalized spacial score (nSPS) is 12.0. The number of ether oxygens (including phenoxy) is 1. The van der Waals surface area contributed by atoms with Gasteiger partial charge in [-0.2, -0.15) is 0 Å². The highest BCUT2D eigenvalue weighted by Gasteiger charge is 2.17. The zero-order chi connectivity index (χ0) is 15.2. The van der Waals surface area contributed by atoms with Gasteiger partial charge in [0, 0.05) is 0 Å². The first-order valence-corrected chi connectivity index (χ1v) is 6.73.